The monoisotopic (exact) mass is 409 g/mol. The van der Waals surface area contributed by atoms with Gasteiger partial charge in [0.1, 0.15) is 5.75 Å². The smallest absolute Gasteiger partial charge is 0.265 e. The number of ether oxygens (including phenoxy) is 1. The van der Waals surface area contributed by atoms with E-state index >= 15 is 0 Å². The maximum atomic E-state index is 12.2. The van der Waals surface area contributed by atoms with Crippen LogP contribution in [0.5, 0.6) is 5.75 Å². The van der Waals surface area contributed by atoms with Crippen LogP contribution in [-0.2, 0) is 14.8 Å². The number of carbonyl (C=O) groups excluding carboxylic acids is 1. The van der Waals surface area contributed by atoms with E-state index in [9.17, 15) is 13.2 Å². The Balaban J connectivity index is 1.84. The van der Waals surface area contributed by atoms with Crippen LogP contribution in [0.25, 0.3) is 11.3 Å². The van der Waals surface area contributed by atoms with E-state index in [-0.39, 0.29) is 18.3 Å². The molecule has 2 aromatic rings. The normalized spacial score (nSPS) is 14.0. The Hall–Kier alpha value is -2.13. The summed E-state index contributed by atoms with van der Waals surface area (Å²) < 4.78 is 32.1. The van der Waals surface area contributed by atoms with Crippen molar-refractivity contribution in [2.24, 2.45) is 0 Å². The fourth-order valence-electron chi connectivity index (χ4n) is 2.80. The minimum Gasteiger partial charge on any atom is -0.482 e. The minimum absolute atomic E-state index is 0.0483. The third-order valence-corrected chi connectivity index (χ3v) is 6.38. The van der Waals surface area contributed by atoms with E-state index in [1.54, 1.807) is 10.3 Å². The SMILES string of the molecule is CCCCS(=O)(=O)Nc1nc(-c2ccc3c(c2)N(CCC)C(=O)CO3)cs1. The second-order valence-corrected chi connectivity index (χ2v) is 9.03. The maximum Gasteiger partial charge on any atom is 0.265 e. The predicted molar refractivity (Wildman–Crippen MR) is 108 cm³/mol. The molecule has 0 unspecified atom stereocenters. The number of fused-ring (bicyclic) bond motifs is 1. The quantitative estimate of drug-likeness (QED) is 0.721. The molecule has 0 spiro atoms. The molecule has 1 amide bonds. The van der Waals surface area contributed by atoms with E-state index in [2.05, 4.69) is 9.71 Å². The molecule has 0 saturated carbocycles. The number of hydrogen-bond donors (Lipinski definition) is 1. The highest BCUT2D eigenvalue weighted by Crippen LogP contribution is 2.37. The summed E-state index contributed by atoms with van der Waals surface area (Å²) in [7, 11) is -3.38. The van der Waals surface area contributed by atoms with Gasteiger partial charge in [0, 0.05) is 17.5 Å². The topological polar surface area (TPSA) is 88.6 Å². The summed E-state index contributed by atoms with van der Waals surface area (Å²) in [6, 6.07) is 5.56. The minimum atomic E-state index is -3.38. The summed E-state index contributed by atoms with van der Waals surface area (Å²) in [6.07, 6.45) is 2.27. The lowest BCUT2D eigenvalue weighted by Gasteiger charge is -2.29. The van der Waals surface area contributed by atoms with Crippen molar-refractivity contribution in [1.82, 2.24) is 4.98 Å². The molecule has 146 valence electrons. The molecule has 9 heteroatoms. The predicted octanol–water partition coefficient (Wildman–Crippen LogP) is 3.49. The van der Waals surface area contributed by atoms with Gasteiger partial charge in [0.2, 0.25) is 10.0 Å². The number of unbranched alkanes of at least 4 members (excludes halogenated alkanes) is 1. The molecular weight excluding hydrogens is 386 g/mol. The van der Waals surface area contributed by atoms with Crippen molar-refractivity contribution in [1.29, 1.82) is 0 Å². The van der Waals surface area contributed by atoms with E-state index in [1.165, 1.54) is 11.3 Å². The number of sulfonamides is 1. The number of nitrogens with one attached hydrogen (secondary N) is 1. The van der Waals surface area contributed by atoms with Crippen LogP contribution in [0.2, 0.25) is 0 Å². The Kier molecular flexibility index (Phi) is 6.01. The number of aromatic nitrogens is 1. The first-order chi connectivity index (χ1) is 12.9. The zero-order valence-corrected chi connectivity index (χ0v) is 17.0. The largest absolute Gasteiger partial charge is 0.482 e. The molecule has 0 aliphatic carbocycles. The number of carbonyl (C=O) groups is 1. The zero-order valence-electron chi connectivity index (χ0n) is 15.4. The lowest BCUT2D eigenvalue weighted by molar-refractivity contribution is -0.121. The van der Waals surface area contributed by atoms with Crippen molar-refractivity contribution in [3.8, 4) is 17.0 Å². The van der Waals surface area contributed by atoms with Gasteiger partial charge in [-0.1, -0.05) is 20.3 Å². The summed E-state index contributed by atoms with van der Waals surface area (Å²) in [5, 5.41) is 2.14. The van der Waals surface area contributed by atoms with Gasteiger partial charge in [0.25, 0.3) is 5.91 Å². The first-order valence-electron chi connectivity index (χ1n) is 8.97. The summed E-state index contributed by atoms with van der Waals surface area (Å²) >= 11 is 1.24. The van der Waals surface area contributed by atoms with Crippen LogP contribution >= 0.6 is 11.3 Å². The number of benzene rings is 1. The third-order valence-electron chi connectivity index (χ3n) is 4.16. The van der Waals surface area contributed by atoms with E-state index in [0.29, 0.717) is 29.5 Å². The molecule has 1 aromatic carbocycles. The van der Waals surface area contributed by atoms with Gasteiger partial charge < -0.3 is 9.64 Å². The van der Waals surface area contributed by atoms with Crippen LogP contribution in [0, 0.1) is 0 Å². The van der Waals surface area contributed by atoms with Crippen LogP contribution in [-0.4, -0.2) is 38.2 Å². The van der Waals surface area contributed by atoms with Crippen molar-refractivity contribution in [2.75, 3.05) is 28.5 Å². The molecule has 1 N–H and O–H groups in total. The summed E-state index contributed by atoms with van der Waals surface area (Å²) in [6.45, 7) is 4.64. The highest BCUT2D eigenvalue weighted by atomic mass is 32.2. The molecule has 2 heterocycles. The average Bonchev–Trinajstić information content (AvgIpc) is 3.10. The van der Waals surface area contributed by atoms with E-state index in [1.807, 2.05) is 32.0 Å². The van der Waals surface area contributed by atoms with Crippen LogP contribution in [0.15, 0.2) is 23.6 Å². The molecule has 1 aliphatic heterocycles. The van der Waals surface area contributed by atoms with E-state index in [4.69, 9.17) is 4.74 Å². The Labute approximate surface area is 163 Å². The highest BCUT2D eigenvalue weighted by molar-refractivity contribution is 7.92. The second kappa shape index (κ2) is 8.26. The lowest BCUT2D eigenvalue weighted by Crippen LogP contribution is -2.39. The fraction of sp³-hybridized carbons (Fsp3) is 0.444. The van der Waals surface area contributed by atoms with Crippen molar-refractivity contribution in [2.45, 2.75) is 33.1 Å². The van der Waals surface area contributed by atoms with Crippen molar-refractivity contribution >= 4 is 38.1 Å². The first kappa shape index (κ1) is 19.6. The molecule has 27 heavy (non-hydrogen) atoms. The second-order valence-electron chi connectivity index (χ2n) is 6.33. The molecule has 3 rings (SSSR count). The van der Waals surface area contributed by atoms with Gasteiger partial charge in [-0.15, -0.1) is 11.3 Å². The highest BCUT2D eigenvalue weighted by Gasteiger charge is 2.25. The Morgan fingerprint density at radius 3 is 2.85 bits per heavy atom. The van der Waals surface area contributed by atoms with Gasteiger partial charge in [-0.05, 0) is 31.0 Å². The van der Waals surface area contributed by atoms with Gasteiger partial charge in [0.15, 0.2) is 11.7 Å². The van der Waals surface area contributed by atoms with Gasteiger partial charge in [-0.3, -0.25) is 9.52 Å². The van der Waals surface area contributed by atoms with Gasteiger partial charge in [-0.2, -0.15) is 0 Å². The van der Waals surface area contributed by atoms with Crippen LogP contribution in [0.1, 0.15) is 33.1 Å². The summed E-state index contributed by atoms with van der Waals surface area (Å²) in [5.74, 6) is 0.689. The molecule has 1 aliphatic rings. The van der Waals surface area contributed by atoms with Crippen molar-refractivity contribution < 1.29 is 17.9 Å². The van der Waals surface area contributed by atoms with Gasteiger partial charge in [0.05, 0.1) is 17.1 Å². The molecular formula is C18H23N3O4S2. The van der Waals surface area contributed by atoms with Crippen LogP contribution in [0.3, 0.4) is 0 Å². The maximum absolute atomic E-state index is 12.2. The number of anilines is 2. The molecule has 7 nitrogen and oxygen atoms in total. The van der Waals surface area contributed by atoms with Gasteiger partial charge in [-0.25, -0.2) is 13.4 Å². The summed E-state index contributed by atoms with van der Waals surface area (Å²) in [4.78, 5) is 18.3. The van der Waals surface area contributed by atoms with Crippen molar-refractivity contribution in [3.05, 3.63) is 23.6 Å². The molecule has 0 fully saturated rings. The average molecular weight is 410 g/mol. The third kappa shape index (κ3) is 4.59. The van der Waals surface area contributed by atoms with Crippen LogP contribution < -0.4 is 14.4 Å². The fourth-order valence-corrected chi connectivity index (χ4v) is 5.02. The number of amides is 1. The first-order valence-corrected chi connectivity index (χ1v) is 11.5. The van der Waals surface area contributed by atoms with E-state index < -0.39 is 10.0 Å². The van der Waals surface area contributed by atoms with Crippen LogP contribution in [0.4, 0.5) is 10.8 Å². The number of hydrogen-bond acceptors (Lipinski definition) is 6. The standard InChI is InChI=1S/C18H23N3O4S2/c1-3-5-9-27(23,24)20-18-19-14(12-26-18)13-6-7-16-15(10-13)21(8-4-2)17(22)11-25-16/h6-7,10,12H,3-5,8-9,11H2,1-2H3,(H,19,20). The Bertz CT molecular complexity index is 924. The van der Waals surface area contributed by atoms with Gasteiger partial charge >= 0.3 is 0 Å². The number of thiazole rings is 1. The zero-order chi connectivity index (χ0) is 19.4. The summed E-state index contributed by atoms with van der Waals surface area (Å²) in [5.41, 5.74) is 2.19. The molecule has 0 radical (unpaired) electrons. The number of rotatable bonds is 8. The Morgan fingerprint density at radius 2 is 2.11 bits per heavy atom. The lowest BCUT2D eigenvalue weighted by atomic mass is 10.1. The molecule has 1 aromatic heterocycles. The molecule has 0 saturated heterocycles. The van der Waals surface area contributed by atoms with Crippen molar-refractivity contribution in [3.63, 3.8) is 0 Å². The van der Waals surface area contributed by atoms with E-state index in [0.717, 1.165) is 24.1 Å². The molecule has 0 atom stereocenters. The number of nitrogens with zero attached hydrogens (tertiary/aromatic N) is 2. The Morgan fingerprint density at radius 1 is 1.30 bits per heavy atom. The molecule has 0 bridgehead atoms.